The van der Waals surface area contributed by atoms with Crippen molar-refractivity contribution in [3.05, 3.63) is 118 Å². The van der Waals surface area contributed by atoms with E-state index in [0.29, 0.717) is 41.7 Å². The molecule has 1 heterocycles. The molecule has 1 aromatic heterocycles. The van der Waals surface area contributed by atoms with Gasteiger partial charge in [0.1, 0.15) is 5.82 Å². The number of benzene rings is 3. The maximum Gasteiger partial charge on any atom is 0.226 e. The minimum Gasteiger partial charge on any atom is -0.351 e. The van der Waals surface area contributed by atoms with Crippen molar-refractivity contribution < 1.29 is 9.18 Å². The van der Waals surface area contributed by atoms with Gasteiger partial charge in [-0.05, 0) is 66.0 Å². The van der Waals surface area contributed by atoms with Crippen LogP contribution in [0.25, 0.3) is 0 Å². The van der Waals surface area contributed by atoms with E-state index in [9.17, 15) is 9.18 Å². The van der Waals surface area contributed by atoms with Gasteiger partial charge < -0.3 is 20.1 Å². The lowest BCUT2D eigenvalue weighted by molar-refractivity contribution is -0.121. The lowest BCUT2D eigenvalue weighted by atomic mass is 10.0. The number of rotatable bonds is 12. The maximum atomic E-state index is 14.5. The Morgan fingerprint density at radius 1 is 1.11 bits per heavy atom. The number of thiocarbonyl (C=S) groups is 1. The third-order valence-corrected chi connectivity index (χ3v) is 8.15. The van der Waals surface area contributed by atoms with Gasteiger partial charge in [-0.3, -0.25) is 4.79 Å². The number of anilines is 1. The van der Waals surface area contributed by atoms with E-state index in [0.717, 1.165) is 16.8 Å². The summed E-state index contributed by atoms with van der Waals surface area (Å²) in [6.45, 7) is 5.33. The quantitative estimate of drug-likeness (QED) is 0.157. The van der Waals surface area contributed by atoms with E-state index >= 15 is 0 Å². The summed E-state index contributed by atoms with van der Waals surface area (Å²) in [4.78, 5) is 19.5. The zero-order valence-electron chi connectivity index (χ0n) is 24.4. The number of halogens is 3. The number of amides is 1. The Bertz CT molecular complexity index is 1640. The molecule has 2 N–H and O–H groups in total. The number of nitrogens with zero attached hydrogens (tertiary/aromatic N) is 4. The fraction of sp³-hybridized carbons (Fsp3) is 0.273. The Balaban J connectivity index is 1.51. The monoisotopic (exact) mass is 650 g/mol. The van der Waals surface area contributed by atoms with Crippen LogP contribution in [0, 0.1) is 23.1 Å². The first-order valence-corrected chi connectivity index (χ1v) is 15.3. The average molecular weight is 652 g/mol. The Morgan fingerprint density at radius 3 is 2.57 bits per heavy atom. The van der Waals surface area contributed by atoms with E-state index in [-0.39, 0.29) is 35.1 Å². The number of imidazole rings is 1. The molecule has 0 saturated heterocycles. The minimum atomic E-state index is -0.430. The highest BCUT2D eigenvalue weighted by Crippen LogP contribution is 2.27. The van der Waals surface area contributed by atoms with Crippen LogP contribution in [-0.4, -0.2) is 38.1 Å². The first kappa shape index (κ1) is 32.9. The standard InChI is InChI=1S/C33H33Cl2FN6OS/c1-22(2)14-26(39-31(43)15-27-17-38-21-42(27)18-24-12-10-23(16-37)11-13-24)20-41(19-25-6-5-7-28(34)32(25)35)33(44)40-30-9-4-3-8-29(30)36/h3-13,17,21-22,26H,14-15,18-20H2,1-2H3,(H,39,43)(H,40,44)/t26-/m0/s1. The van der Waals surface area contributed by atoms with Crippen molar-refractivity contribution in [1.82, 2.24) is 19.8 Å². The zero-order valence-corrected chi connectivity index (χ0v) is 26.8. The van der Waals surface area contributed by atoms with Crippen molar-refractivity contribution in [2.24, 2.45) is 5.92 Å². The largest absolute Gasteiger partial charge is 0.351 e. The van der Waals surface area contributed by atoms with Gasteiger partial charge in [0.05, 0.1) is 40.1 Å². The smallest absolute Gasteiger partial charge is 0.226 e. The molecular formula is C33H33Cl2FN6OS. The Kier molecular flexibility index (Phi) is 11.7. The van der Waals surface area contributed by atoms with Gasteiger partial charge in [0.15, 0.2) is 5.11 Å². The molecule has 228 valence electrons. The number of nitriles is 1. The molecule has 3 aromatic carbocycles. The van der Waals surface area contributed by atoms with Crippen LogP contribution >= 0.6 is 35.4 Å². The minimum absolute atomic E-state index is 0.128. The highest BCUT2D eigenvalue weighted by molar-refractivity contribution is 7.80. The van der Waals surface area contributed by atoms with Crippen molar-refractivity contribution in [3.8, 4) is 6.07 Å². The van der Waals surface area contributed by atoms with Crippen molar-refractivity contribution in [1.29, 1.82) is 5.26 Å². The molecule has 0 saturated carbocycles. The van der Waals surface area contributed by atoms with Crippen LogP contribution in [-0.2, 0) is 24.3 Å². The number of carbonyl (C=O) groups excluding carboxylic acids is 1. The predicted octanol–water partition coefficient (Wildman–Crippen LogP) is 7.22. The van der Waals surface area contributed by atoms with Gasteiger partial charge in [-0.2, -0.15) is 5.26 Å². The molecule has 11 heteroatoms. The number of nitrogens with one attached hydrogen (secondary N) is 2. The first-order chi connectivity index (χ1) is 21.1. The fourth-order valence-corrected chi connectivity index (χ4v) is 5.46. The second kappa shape index (κ2) is 15.7. The van der Waals surface area contributed by atoms with Crippen LogP contribution < -0.4 is 10.6 Å². The predicted molar refractivity (Wildman–Crippen MR) is 177 cm³/mol. The Hall–Kier alpha value is -3.97. The van der Waals surface area contributed by atoms with Gasteiger partial charge in [-0.1, -0.05) is 73.4 Å². The molecule has 1 atom stereocenters. The molecule has 0 fully saturated rings. The van der Waals surface area contributed by atoms with Crippen LogP contribution in [0.5, 0.6) is 0 Å². The number of hydrogen-bond donors (Lipinski definition) is 2. The molecule has 4 rings (SSSR count). The molecular weight excluding hydrogens is 618 g/mol. The van der Waals surface area contributed by atoms with Crippen LogP contribution in [0.3, 0.4) is 0 Å². The van der Waals surface area contributed by atoms with Crippen LogP contribution in [0.1, 0.15) is 42.7 Å². The van der Waals surface area contributed by atoms with Crippen molar-refractivity contribution in [2.45, 2.75) is 45.8 Å². The summed E-state index contributed by atoms with van der Waals surface area (Å²) in [5, 5.41) is 16.4. The van der Waals surface area contributed by atoms with E-state index in [1.54, 1.807) is 48.9 Å². The van der Waals surface area contributed by atoms with E-state index in [2.05, 4.69) is 35.5 Å². The van der Waals surface area contributed by atoms with Gasteiger partial charge in [-0.25, -0.2) is 9.37 Å². The molecule has 0 radical (unpaired) electrons. The van der Waals surface area contributed by atoms with E-state index < -0.39 is 5.82 Å². The lowest BCUT2D eigenvalue weighted by Gasteiger charge is -2.32. The van der Waals surface area contributed by atoms with Crippen molar-refractivity contribution >= 4 is 52.1 Å². The van der Waals surface area contributed by atoms with Gasteiger partial charge in [0, 0.05) is 37.6 Å². The van der Waals surface area contributed by atoms with Gasteiger partial charge >= 0.3 is 0 Å². The van der Waals surface area contributed by atoms with E-state index in [1.165, 1.54) is 6.07 Å². The van der Waals surface area contributed by atoms with Gasteiger partial charge in [0.2, 0.25) is 5.91 Å². The second-order valence-electron chi connectivity index (χ2n) is 10.9. The van der Waals surface area contributed by atoms with Crippen molar-refractivity contribution in [3.63, 3.8) is 0 Å². The molecule has 1 amide bonds. The summed E-state index contributed by atoms with van der Waals surface area (Å²) in [6.07, 6.45) is 4.18. The van der Waals surface area contributed by atoms with Crippen LogP contribution in [0.4, 0.5) is 10.1 Å². The molecule has 0 spiro atoms. The normalized spacial score (nSPS) is 11.6. The zero-order chi connectivity index (χ0) is 31.6. The molecule has 0 aliphatic rings. The molecule has 7 nitrogen and oxygen atoms in total. The summed E-state index contributed by atoms with van der Waals surface area (Å²) < 4.78 is 16.4. The molecule has 0 aliphatic carbocycles. The number of aromatic nitrogens is 2. The summed E-state index contributed by atoms with van der Waals surface area (Å²) >= 11 is 18.6. The summed E-state index contributed by atoms with van der Waals surface area (Å²) in [5.74, 6) is -0.321. The summed E-state index contributed by atoms with van der Waals surface area (Å²) in [7, 11) is 0. The molecule has 44 heavy (non-hydrogen) atoms. The molecule has 4 aromatic rings. The molecule has 0 unspecified atom stereocenters. The van der Waals surface area contributed by atoms with Gasteiger partial charge in [-0.15, -0.1) is 0 Å². The highest BCUT2D eigenvalue weighted by atomic mass is 35.5. The third kappa shape index (κ3) is 9.26. The average Bonchev–Trinajstić information content (AvgIpc) is 3.42. The topological polar surface area (TPSA) is 86.0 Å². The maximum absolute atomic E-state index is 14.5. The SMILES string of the molecule is CC(C)C[C@@H](CN(Cc1cccc(Cl)c1Cl)C(=S)Nc1ccccc1F)NC(=O)Cc1cncn1Cc1ccc(C#N)cc1. The lowest BCUT2D eigenvalue weighted by Crippen LogP contribution is -2.47. The Morgan fingerprint density at radius 2 is 1.86 bits per heavy atom. The Labute approximate surface area is 272 Å². The first-order valence-electron chi connectivity index (χ1n) is 14.1. The molecule has 0 bridgehead atoms. The summed E-state index contributed by atoms with van der Waals surface area (Å²) in [5.41, 5.74) is 3.34. The number of para-hydroxylation sites is 1. The third-order valence-electron chi connectivity index (χ3n) is 6.93. The van der Waals surface area contributed by atoms with Crippen LogP contribution in [0.15, 0.2) is 79.3 Å². The number of hydrogen-bond acceptors (Lipinski definition) is 4. The van der Waals surface area contributed by atoms with Crippen molar-refractivity contribution in [2.75, 3.05) is 11.9 Å². The summed E-state index contributed by atoms with van der Waals surface area (Å²) in [6, 6.07) is 20.8. The van der Waals surface area contributed by atoms with E-state index in [4.69, 9.17) is 40.7 Å². The molecule has 0 aliphatic heterocycles. The number of carbonyl (C=O) groups is 1. The van der Waals surface area contributed by atoms with Crippen LogP contribution in [0.2, 0.25) is 10.0 Å². The fourth-order valence-electron chi connectivity index (χ4n) is 4.83. The highest BCUT2D eigenvalue weighted by Gasteiger charge is 2.22. The van der Waals surface area contributed by atoms with Gasteiger partial charge in [0.25, 0.3) is 0 Å². The second-order valence-corrected chi connectivity index (χ2v) is 12.1. The van der Waals surface area contributed by atoms with E-state index in [1.807, 2.05) is 33.7 Å².